The van der Waals surface area contributed by atoms with Gasteiger partial charge in [-0.15, -0.1) is 11.3 Å². The molecule has 0 N–H and O–H groups in total. The van der Waals surface area contributed by atoms with E-state index in [2.05, 4.69) is 60.7 Å². The van der Waals surface area contributed by atoms with Gasteiger partial charge >= 0.3 is 0 Å². The Labute approximate surface area is 115 Å². The van der Waals surface area contributed by atoms with E-state index in [4.69, 9.17) is 0 Å². The van der Waals surface area contributed by atoms with Gasteiger partial charge in [-0.2, -0.15) is 0 Å². The summed E-state index contributed by atoms with van der Waals surface area (Å²) in [4.78, 5) is 0. The maximum atomic E-state index is 3.29. The Morgan fingerprint density at radius 2 is 1.58 bits per heavy atom. The van der Waals surface area contributed by atoms with Gasteiger partial charge < -0.3 is 0 Å². The summed E-state index contributed by atoms with van der Waals surface area (Å²) in [6.45, 7) is 0. The van der Waals surface area contributed by atoms with Crippen molar-refractivity contribution in [2.75, 3.05) is 0 Å². The van der Waals surface area contributed by atoms with Gasteiger partial charge in [-0.1, -0.05) is 48.5 Å². The second-order valence-corrected chi connectivity index (χ2v) is 5.67. The molecule has 0 aliphatic carbocycles. The third kappa shape index (κ3) is 1.74. The van der Waals surface area contributed by atoms with Crippen molar-refractivity contribution in [3.05, 3.63) is 72.8 Å². The van der Waals surface area contributed by atoms with Crippen LogP contribution in [0.2, 0.25) is 0 Å². The number of thiophene rings is 1. The molecule has 4 aromatic rings. The molecule has 89 valence electrons. The second-order valence-electron chi connectivity index (χ2n) is 4.59. The monoisotopic (exact) mass is 259 g/mol. The third-order valence-corrected chi connectivity index (χ3v) is 4.55. The minimum absolute atomic E-state index is 1.15. The predicted octanol–water partition coefficient (Wildman–Crippen LogP) is 5.52. The molecule has 1 heteroatoms. The van der Waals surface area contributed by atoms with Crippen LogP contribution in [-0.2, 0) is 0 Å². The highest BCUT2D eigenvalue weighted by Gasteiger charge is 2.05. The fraction of sp³-hybridized carbons (Fsp3) is 0. The van der Waals surface area contributed by atoms with Gasteiger partial charge in [-0.05, 0) is 35.4 Å². The fourth-order valence-electron chi connectivity index (χ4n) is 2.47. The van der Waals surface area contributed by atoms with E-state index in [9.17, 15) is 0 Å². The average molecular weight is 259 g/mol. The van der Waals surface area contributed by atoms with Crippen LogP contribution in [0.3, 0.4) is 0 Å². The molecule has 1 radical (unpaired) electrons. The van der Waals surface area contributed by atoms with Gasteiger partial charge in [0.2, 0.25) is 0 Å². The van der Waals surface area contributed by atoms with Gasteiger partial charge in [0.15, 0.2) is 0 Å². The summed E-state index contributed by atoms with van der Waals surface area (Å²) < 4.78 is 2.70. The predicted molar refractivity (Wildman–Crippen MR) is 83.6 cm³/mol. The molecule has 0 amide bonds. The van der Waals surface area contributed by atoms with Crippen LogP contribution in [-0.4, -0.2) is 0 Å². The highest BCUT2D eigenvalue weighted by atomic mass is 32.1. The summed E-state index contributed by atoms with van der Waals surface area (Å²) >= 11 is 1.86. The minimum Gasteiger partial charge on any atom is -0.135 e. The number of hydrogen-bond acceptors (Lipinski definition) is 1. The Morgan fingerprint density at radius 1 is 0.737 bits per heavy atom. The lowest BCUT2D eigenvalue weighted by Gasteiger charge is -2.01. The molecule has 1 aromatic heterocycles. The van der Waals surface area contributed by atoms with Crippen molar-refractivity contribution in [1.82, 2.24) is 0 Å². The summed E-state index contributed by atoms with van der Waals surface area (Å²) in [5, 5.41) is 2.69. The molecule has 0 spiro atoms. The van der Waals surface area contributed by atoms with Crippen LogP contribution in [0.5, 0.6) is 0 Å². The molecule has 0 aliphatic heterocycles. The van der Waals surface area contributed by atoms with Crippen molar-refractivity contribution in [2.24, 2.45) is 0 Å². The second kappa shape index (κ2) is 4.22. The van der Waals surface area contributed by atoms with Crippen molar-refractivity contribution in [2.45, 2.75) is 0 Å². The summed E-state index contributed by atoms with van der Waals surface area (Å²) in [5.41, 5.74) is 2.39. The van der Waals surface area contributed by atoms with Gasteiger partial charge in [0.1, 0.15) is 0 Å². The first-order valence-corrected chi connectivity index (χ1v) is 7.12. The molecule has 0 saturated carbocycles. The fourth-order valence-corrected chi connectivity index (χ4v) is 3.55. The van der Waals surface area contributed by atoms with Crippen molar-refractivity contribution in [3.63, 3.8) is 0 Å². The SMILES string of the molecule is [c]1ccccc1-c1ccc2sc3ccccc3c2c1. The molecule has 0 bridgehead atoms. The van der Waals surface area contributed by atoms with E-state index in [0.717, 1.165) is 5.56 Å². The summed E-state index contributed by atoms with van der Waals surface area (Å²) in [7, 11) is 0. The van der Waals surface area contributed by atoms with Crippen LogP contribution < -0.4 is 0 Å². The van der Waals surface area contributed by atoms with Crippen molar-refractivity contribution in [1.29, 1.82) is 0 Å². The highest BCUT2D eigenvalue weighted by Crippen LogP contribution is 2.35. The molecular formula is C18H11S. The topological polar surface area (TPSA) is 0 Å². The molecule has 0 saturated heterocycles. The van der Waals surface area contributed by atoms with E-state index >= 15 is 0 Å². The quantitative estimate of drug-likeness (QED) is 0.422. The lowest BCUT2D eigenvalue weighted by atomic mass is 10.0. The smallest absolute Gasteiger partial charge is 0.0355 e. The number of rotatable bonds is 1. The number of benzene rings is 3. The normalized spacial score (nSPS) is 11.2. The third-order valence-electron chi connectivity index (χ3n) is 3.40. The van der Waals surface area contributed by atoms with Crippen LogP contribution in [0.15, 0.2) is 66.7 Å². The maximum absolute atomic E-state index is 3.29. The van der Waals surface area contributed by atoms with E-state index in [-0.39, 0.29) is 0 Å². The summed E-state index contributed by atoms with van der Waals surface area (Å²) in [6, 6.07) is 26.7. The lowest BCUT2D eigenvalue weighted by Crippen LogP contribution is -1.76. The molecule has 3 aromatic carbocycles. The molecular weight excluding hydrogens is 248 g/mol. The lowest BCUT2D eigenvalue weighted by molar-refractivity contribution is 1.64. The van der Waals surface area contributed by atoms with Crippen LogP contribution >= 0.6 is 11.3 Å². The van der Waals surface area contributed by atoms with Crippen molar-refractivity contribution in [3.8, 4) is 11.1 Å². The standard InChI is InChI=1S/C18H11S/c1-2-6-13(7-3-1)14-10-11-18-16(12-14)15-8-4-5-9-17(15)19-18/h1-6,8-12H. The van der Waals surface area contributed by atoms with E-state index < -0.39 is 0 Å². The number of fused-ring (bicyclic) bond motifs is 3. The molecule has 0 fully saturated rings. The molecule has 19 heavy (non-hydrogen) atoms. The summed E-state index contributed by atoms with van der Waals surface area (Å²) in [6.07, 6.45) is 0. The first kappa shape index (κ1) is 10.8. The van der Waals surface area contributed by atoms with Crippen LogP contribution in [0.1, 0.15) is 0 Å². The van der Waals surface area contributed by atoms with E-state index in [1.54, 1.807) is 0 Å². The maximum Gasteiger partial charge on any atom is 0.0355 e. The van der Waals surface area contributed by atoms with Crippen LogP contribution in [0, 0.1) is 6.07 Å². The van der Waals surface area contributed by atoms with Gasteiger partial charge in [-0.25, -0.2) is 0 Å². The van der Waals surface area contributed by atoms with Gasteiger partial charge in [0.25, 0.3) is 0 Å². The average Bonchev–Trinajstić information content (AvgIpc) is 2.86. The van der Waals surface area contributed by atoms with E-state index in [0.29, 0.717) is 0 Å². The zero-order valence-corrected chi connectivity index (χ0v) is 11.1. The molecule has 1 heterocycles. The Balaban J connectivity index is 2.03. The molecule has 4 rings (SSSR count). The Kier molecular flexibility index (Phi) is 2.39. The van der Waals surface area contributed by atoms with Gasteiger partial charge in [-0.3, -0.25) is 0 Å². The van der Waals surface area contributed by atoms with Crippen LogP contribution in [0.4, 0.5) is 0 Å². The first-order chi connectivity index (χ1) is 9.42. The Hall–Kier alpha value is -2.12. The Morgan fingerprint density at radius 3 is 2.47 bits per heavy atom. The van der Waals surface area contributed by atoms with Crippen molar-refractivity contribution >= 4 is 31.5 Å². The van der Waals surface area contributed by atoms with E-state index in [1.165, 1.54) is 25.7 Å². The number of hydrogen-bond donors (Lipinski definition) is 0. The van der Waals surface area contributed by atoms with E-state index in [1.807, 2.05) is 23.5 Å². The van der Waals surface area contributed by atoms with Gasteiger partial charge in [0, 0.05) is 20.2 Å². The van der Waals surface area contributed by atoms with Crippen LogP contribution in [0.25, 0.3) is 31.3 Å². The summed E-state index contributed by atoms with van der Waals surface area (Å²) in [5.74, 6) is 0. The largest absolute Gasteiger partial charge is 0.135 e. The van der Waals surface area contributed by atoms with Crippen molar-refractivity contribution < 1.29 is 0 Å². The first-order valence-electron chi connectivity index (χ1n) is 6.30. The Bertz CT molecular complexity index is 857. The molecule has 0 aliphatic rings. The minimum atomic E-state index is 1.15. The van der Waals surface area contributed by atoms with Gasteiger partial charge in [0.05, 0.1) is 0 Å². The zero-order chi connectivity index (χ0) is 12.7. The molecule has 0 nitrogen and oxygen atoms in total. The molecule has 0 atom stereocenters. The zero-order valence-electron chi connectivity index (χ0n) is 10.3. The highest BCUT2D eigenvalue weighted by molar-refractivity contribution is 7.25. The molecule has 0 unspecified atom stereocenters.